The van der Waals surface area contributed by atoms with Crippen LogP contribution in [0.3, 0.4) is 0 Å². The van der Waals surface area contributed by atoms with E-state index >= 15 is 0 Å². The Kier molecular flexibility index (Phi) is 3.53. The molecule has 0 aromatic carbocycles. The highest BCUT2D eigenvalue weighted by atomic mass is 35.5. The first kappa shape index (κ1) is 9.99. The van der Waals surface area contributed by atoms with Gasteiger partial charge >= 0.3 is 0 Å². The van der Waals surface area contributed by atoms with Gasteiger partial charge in [-0.25, -0.2) is 0 Å². The maximum absolute atomic E-state index is 9.53. The van der Waals surface area contributed by atoms with E-state index in [1.54, 1.807) is 17.4 Å². The molecule has 0 radical (unpaired) electrons. The van der Waals surface area contributed by atoms with Crippen molar-refractivity contribution in [1.82, 2.24) is 0 Å². The third kappa shape index (κ3) is 1.98. The zero-order chi connectivity index (χ0) is 9.14. The molecule has 0 spiro atoms. The number of rotatable bonds is 3. The molecular formula is C8H11ClO2S. The van der Waals surface area contributed by atoms with Crippen molar-refractivity contribution >= 4 is 22.9 Å². The molecule has 12 heavy (non-hydrogen) atoms. The zero-order valence-corrected chi connectivity index (χ0v) is 8.27. The van der Waals surface area contributed by atoms with E-state index in [4.69, 9.17) is 11.6 Å². The molecule has 2 N–H and O–H groups in total. The SMILES string of the molecule is Cc1sccc1C(O)C(O)CCl. The van der Waals surface area contributed by atoms with Gasteiger partial charge in [0.05, 0.1) is 12.0 Å². The second kappa shape index (κ2) is 4.23. The van der Waals surface area contributed by atoms with E-state index in [2.05, 4.69) is 0 Å². The second-order valence-corrected chi connectivity index (χ2v) is 4.03. The van der Waals surface area contributed by atoms with Gasteiger partial charge in [-0.3, -0.25) is 0 Å². The van der Waals surface area contributed by atoms with Crippen molar-refractivity contribution < 1.29 is 10.2 Å². The van der Waals surface area contributed by atoms with Crippen molar-refractivity contribution in [2.24, 2.45) is 0 Å². The molecule has 0 saturated heterocycles. The summed E-state index contributed by atoms with van der Waals surface area (Å²) in [4.78, 5) is 1.02. The summed E-state index contributed by atoms with van der Waals surface area (Å²) < 4.78 is 0. The molecule has 2 atom stereocenters. The second-order valence-electron chi connectivity index (χ2n) is 2.60. The Hall–Kier alpha value is -0.0900. The number of aryl methyl sites for hydroxylation is 1. The van der Waals surface area contributed by atoms with Crippen LogP contribution in [-0.4, -0.2) is 22.2 Å². The lowest BCUT2D eigenvalue weighted by Gasteiger charge is -2.14. The van der Waals surface area contributed by atoms with E-state index < -0.39 is 12.2 Å². The number of hydrogen-bond donors (Lipinski definition) is 2. The Morgan fingerprint density at radius 3 is 2.67 bits per heavy atom. The molecule has 0 aliphatic carbocycles. The van der Waals surface area contributed by atoms with E-state index in [-0.39, 0.29) is 5.88 Å². The van der Waals surface area contributed by atoms with Gasteiger partial charge in [0.25, 0.3) is 0 Å². The molecule has 0 saturated carbocycles. The van der Waals surface area contributed by atoms with Crippen molar-refractivity contribution in [3.63, 3.8) is 0 Å². The van der Waals surface area contributed by atoms with Gasteiger partial charge in [0, 0.05) is 4.88 Å². The summed E-state index contributed by atoms with van der Waals surface area (Å²) >= 11 is 6.96. The van der Waals surface area contributed by atoms with Gasteiger partial charge in [0.1, 0.15) is 6.10 Å². The first-order valence-electron chi connectivity index (χ1n) is 3.63. The molecule has 0 aliphatic heterocycles. The third-order valence-corrected chi connectivity index (χ3v) is 2.92. The predicted molar refractivity (Wildman–Crippen MR) is 50.7 cm³/mol. The number of aliphatic hydroxyl groups excluding tert-OH is 2. The normalized spacial score (nSPS) is 16.0. The molecule has 0 aliphatic rings. The maximum Gasteiger partial charge on any atom is 0.107 e. The number of alkyl halides is 1. The highest BCUT2D eigenvalue weighted by Gasteiger charge is 2.19. The van der Waals surface area contributed by atoms with Gasteiger partial charge < -0.3 is 10.2 Å². The smallest absolute Gasteiger partial charge is 0.107 e. The zero-order valence-electron chi connectivity index (χ0n) is 6.70. The average molecular weight is 207 g/mol. The molecule has 68 valence electrons. The van der Waals surface area contributed by atoms with Crippen molar-refractivity contribution in [2.75, 3.05) is 5.88 Å². The maximum atomic E-state index is 9.53. The van der Waals surface area contributed by atoms with Crippen LogP contribution >= 0.6 is 22.9 Å². The average Bonchev–Trinajstić information content (AvgIpc) is 2.48. The van der Waals surface area contributed by atoms with Crippen molar-refractivity contribution in [2.45, 2.75) is 19.1 Å². The summed E-state index contributed by atoms with van der Waals surface area (Å²) in [5.41, 5.74) is 0.771. The molecule has 0 bridgehead atoms. The number of hydrogen-bond acceptors (Lipinski definition) is 3. The molecular weight excluding hydrogens is 196 g/mol. The predicted octanol–water partition coefficient (Wildman–Crippen LogP) is 1.69. The molecule has 1 aromatic heterocycles. The highest BCUT2D eigenvalue weighted by Crippen LogP contribution is 2.25. The van der Waals surface area contributed by atoms with Crippen molar-refractivity contribution in [1.29, 1.82) is 0 Å². The highest BCUT2D eigenvalue weighted by molar-refractivity contribution is 7.10. The van der Waals surface area contributed by atoms with E-state index in [0.29, 0.717) is 0 Å². The topological polar surface area (TPSA) is 40.5 Å². The summed E-state index contributed by atoms with van der Waals surface area (Å²) in [6, 6.07) is 1.81. The van der Waals surface area contributed by atoms with Gasteiger partial charge in [-0.1, -0.05) is 0 Å². The standard InChI is InChI=1S/C8H11ClO2S/c1-5-6(2-3-12-5)8(11)7(10)4-9/h2-3,7-8,10-11H,4H2,1H3. The lowest BCUT2D eigenvalue weighted by Crippen LogP contribution is -2.19. The molecule has 1 aromatic rings. The summed E-state index contributed by atoms with van der Waals surface area (Å²) in [6.07, 6.45) is -1.73. The summed E-state index contributed by atoms with van der Waals surface area (Å²) in [5.74, 6) is 0.0520. The van der Waals surface area contributed by atoms with Crippen LogP contribution in [0.5, 0.6) is 0 Å². The van der Waals surface area contributed by atoms with E-state index in [0.717, 1.165) is 10.4 Å². The Morgan fingerprint density at radius 1 is 1.58 bits per heavy atom. The van der Waals surface area contributed by atoms with Gasteiger partial charge in [-0.05, 0) is 23.9 Å². The van der Waals surface area contributed by atoms with Gasteiger partial charge in [0.2, 0.25) is 0 Å². The van der Waals surface area contributed by atoms with Crippen LogP contribution in [0.1, 0.15) is 16.5 Å². The Balaban J connectivity index is 2.77. The van der Waals surface area contributed by atoms with E-state index in [1.165, 1.54) is 0 Å². The van der Waals surface area contributed by atoms with Crippen LogP contribution in [0.15, 0.2) is 11.4 Å². The monoisotopic (exact) mass is 206 g/mol. The van der Waals surface area contributed by atoms with Gasteiger partial charge in [0.15, 0.2) is 0 Å². The van der Waals surface area contributed by atoms with Crippen LogP contribution in [0.2, 0.25) is 0 Å². The molecule has 2 nitrogen and oxygen atoms in total. The Labute approximate surface area is 80.4 Å². The number of halogens is 1. The number of thiophene rings is 1. The van der Waals surface area contributed by atoms with Crippen LogP contribution < -0.4 is 0 Å². The molecule has 1 rings (SSSR count). The first-order valence-corrected chi connectivity index (χ1v) is 5.04. The fourth-order valence-electron chi connectivity index (χ4n) is 0.993. The van der Waals surface area contributed by atoms with Crippen molar-refractivity contribution in [3.8, 4) is 0 Å². The van der Waals surface area contributed by atoms with Crippen LogP contribution in [-0.2, 0) is 0 Å². The third-order valence-electron chi connectivity index (χ3n) is 1.74. The first-order chi connectivity index (χ1) is 5.66. The van der Waals surface area contributed by atoms with Crippen LogP contribution in [0.25, 0.3) is 0 Å². The lowest BCUT2D eigenvalue weighted by atomic mass is 10.1. The quantitative estimate of drug-likeness (QED) is 0.739. The minimum Gasteiger partial charge on any atom is -0.389 e. The molecule has 1 heterocycles. The fourth-order valence-corrected chi connectivity index (χ4v) is 1.91. The molecule has 2 unspecified atom stereocenters. The van der Waals surface area contributed by atoms with E-state index in [1.807, 2.05) is 12.3 Å². The number of aliphatic hydroxyl groups is 2. The van der Waals surface area contributed by atoms with Crippen LogP contribution in [0, 0.1) is 6.92 Å². The molecule has 0 fully saturated rings. The summed E-state index contributed by atoms with van der Waals surface area (Å²) in [7, 11) is 0. The Bertz CT molecular complexity index is 249. The van der Waals surface area contributed by atoms with E-state index in [9.17, 15) is 10.2 Å². The van der Waals surface area contributed by atoms with Gasteiger partial charge in [-0.2, -0.15) is 0 Å². The van der Waals surface area contributed by atoms with Crippen molar-refractivity contribution in [3.05, 3.63) is 21.9 Å². The minimum absolute atomic E-state index is 0.0520. The Morgan fingerprint density at radius 2 is 2.25 bits per heavy atom. The lowest BCUT2D eigenvalue weighted by molar-refractivity contribution is 0.0326. The summed E-state index contributed by atoms with van der Waals surface area (Å²) in [5, 5.41) is 20.7. The molecule has 0 amide bonds. The molecule has 4 heteroatoms. The largest absolute Gasteiger partial charge is 0.389 e. The van der Waals surface area contributed by atoms with Crippen LogP contribution in [0.4, 0.5) is 0 Å². The fraction of sp³-hybridized carbons (Fsp3) is 0.500. The summed E-state index contributed by atoms with van der Waals surface area (Å²) in [6.45, 7) is 1.91. The van der Waals surface area contributed by atoms with Gasteiger partial charge in [-0.15, -0.1) is 22.9 Å². The minimum atomic E-state index is -0.875.